The van der Waals surface area contributed by atoms with E-state index in [4.69, 9.17) is 5.26 Å². The van der Waals surface area contributed by atoms with Crippen LogP contribution in [0.2, 0.25) is 0 Å². The zero-order valence-corrected chi connectivity index (χ0v) is 14.7. The van der Waals surface area contributed by atoms with Gasteiger partial charge in [0.05, 0.1) is 11.1 Å². The third kappa shape index (κ3) is 4.79. The maximum absolute atomic E-state index is 13.4. The molecule has 2 aromatic rings. The minimum atomic E-state index is -5.14. The van der Waals surface area contributed by atoms with Gasteiger partial charge >= 0.3 is 12.4 Å². The Morgan fingerprint density at radius 2 is 1.75 bits per heavy atom. The quantitative estimate of drug-likeness (QED) is 0.757. The number of sulfonamides is 1. The predicted octanol–water partition coefficient (Wildman–Crippen LogP) is 3.86. The molecule has 1 unspecified atom stereocenters. The molecule has 1 aromatic heterocycles. The molecule has 0 aliphatic carbocycles. The van der Waals surface area contributed by atoms with Crippen LogP contribution >= 0.6 is 0 Å². The molecule has 0 amide bonds. The first-order valence-electron chi connectivity index (χ1n) is 7.37. The summed E-state index contributed by atoms with van der Waals surface area (Å²) < 4.78 is 105. The van der Waals surface area contributed by atoms with Crippen molar-refractivity contribution in [2.45, 2.75) is 30.2 Å². The largest absolute Gasteiger partial charge is 0.416 e. The fraction of sp³-hybridized carbons (Fsp3) is 0.250. The lowest BCUT2D eigenvalue weighted by Gasteiger charge is -2.23. The van der Waals surface area contributed by atoms with Gasteiger partial charge in [-0.05, 0) is 30.2 Å². The summed E-state index contributed by atoms with van der Waals surface area (Å²) in [5, 5.41) is 8.76. The topological polar surface area (TPSA) is 82.8 Å². The Balaban J connectivity index is 2.48. The van der Waals surface area contributed by atoms with E-state index in [9.17, 15) is 34.8 Å². The van der Waals surface area contributed by atoms with Crippen LogP contribution in [0.5, 0.6) is 0 Å². The van der Waals surface area contributed by atoms with E-state index in [1.807, 2.05) is 0 Å². The molecule has 28 heavy (non-hydrogen) atoms. The number of halogens is 6. The van der Waals surface area contributed by atoms with Crippen LogP contribution in [0, 0.1) is 18.3 Å². The van der Waals surface area contributed by atoms with Crippen LogP contribution in [0.15, 0.2) is 41.6 Å². The highest BCUT2D eigenvalue weighted by Gasteiger charge is 2.44. The van der Waals surface area contributed by atoms with E-state index >= 15 is 0 Å². The monoisotopic (exact) mass is 423 g/mol. The standard InChI is InChI=1S/C16H11F6N3O2S/c1-9-4-11(2-3-13(9)15(17,18)19)14(16(20,21)22)25-28(26,27)12-5-10(6-23)7-24-8-12/h2-5,7-8,14,25H,1H3. The van der Waals surface area contributed by atoms with Crippen LogP contribution < -0.4 is 4.72 Å². The van der Waals surface area contributed by atoms with Crippen LogP contribution in [0.1, 0.15) is 28.3 Å². The van der Waals surface area contributed by atoms with Crippen molar-refractivity contribution in [1.82, 2.24) is 9.71 Å². The molecule has 1 atom stereocenters. The molecular formula is C16H11F6N3O2S. The number of aryl methyl sites for hydroxylation is 1. The number of rotatable bonds is 4. The van der Waals surface area contributed by atoms with Crippen molar-refractivity contribution in [3.63, 3.8) is 0 Å². The van der Waals surface area contributed by atoms with Crippen molar-refractivity contribution in [2.75, 3.05) is 0 Å². The smallest absolute Gasteiger partial charge is 0.262 e. The van der Waals surface area contributed by atoms with Gasteiger partial charge in [-0.15, -0.1) is 0 Å². The van der Waals surface area contributed by atoms with Gasteiger partial charge in [0.15, 0.2) is 0 Å². The first-order valence-corrected chi connectivity index (χ1v) is 8.86. The molecule has 150 valence electrons. The highest BCUT2D eigenvalue weighted by atomic mass is 32.2. The molecule has 1 heterocycles. The van der Waals surface area contributed by atoms with Gasteiger partial charge in [-0.1, -0.05) is 12.1 Å². The summed E-state index contributed by atoms with van der Waals surface area (Å²) >= 11 is 0. The van der Waals surface area contributed by atoms with E-state index in [1.165, 1.54) is 4.72 Å². The van der Waals surface area contributed by atoms with E-state index in [-0.39, 0.29) is 5.56 Å². The van der Waals surface area contributed by atoms with Crippen molar-refractivity contribution in [3.05, 3.63) is 58.9 Å². The Kier molecular flexibility index (Phi) is 5.72. The number of nitrogens with one attached hydrogen (secondary N) is 1. The van der Waals surface area contributed by atoms with Crippen molar-refractivity contribution in [1.29, 1.82) is 5.26 Å². The van der Waals surface area contributed by atoms with E-state index in [0.29, 0.717) is 18.2 Å². The van der Waals surface area contributed by atoms with Gasteiger partial charge in [0.25, 0.3) is 0 Å². The number of hydrogen-bond acceptors (Lipinski definition) is 4. The fourth-order valence-corrected chi connectivity index (χ4v) is 3.56. The highest BCUT2D eigenvalue weighted by Crippen LogP contribution is 2.37. The summed E-state index contributed by atoms with van der Waals surface area (Å²) in [6, 6.07) is 1.25. The zero-order chi connectivity index (χ0) is 21.3. The van der Waals surface area contributed by atoms with Crippen LogP contribution in [0.4, 0.5) is 26.3 Å². The van der Waals surface area contributed by atoms with E-state index in [1.54, 1.807) is 6.07 Å². The minimum Gasteiger partial charge on any atom is -0.262 e. The van der Waals surface area contributed by atoms with Gasteiger partial charge < -0.3 is 0 Å². The van der Waals surface area contributed by atoms with Crippen molar-refractivity contribution in [2.24, 2.45) is 0 Å². The number of pyridine rings is 1. The minimum absolute atomic E-state index is 0.197. The Bertz CT molecular complexity index is 1030. The number of nitriles is 1. The SMILES string of the molecule is Cc1cc(C(NS(=O)(=O)c2cncc(C#N)c2)C(F)(F)F)ccc1C(F)(F)F. The van der Waals surface area contributed by atoms with Crippen molar-refractivity contribution >= 4 is 10.0 Å². The Labute approximate surface area is 155 Å². The van der Waals surface area contributed by atoms with Gasteiger partial charge in [-0.25, -0.2) is 8.42 Å². The van der Waals surface area contributed by atoms with Gasteiger partial charge in [0.2, 0.25) is 10.0 Å². The number of hydrogen-bond donors (Lipinski definition) is 1. The highest BCUT2D eigenvalue weighted by molar-refractivity contribution is 7.89. The zero-order valence-electron chi connectivity index (χ0n) is 13.9. The molecule has 0 aliphatic heterocycles. The van der Waals surface area contributed by atoms with E-state index in [2.05, 4.69) is 4.98 Å². The number of nitrogens with zero attached hydrogens (tertiary/aromatic N) is 2. The third-order valence-corrected chi connectivity index (χ3v) is 5.03. The lowest BCUT2D eigenvalue weighted by Crippen LogP contribution is -2.38. The second-order valence-corrected chi connectivity index (χ2v) is 7.40. The summed E-state index contributed by atoms with van der Waals surface area (Å²) in [5.74, 6) is 0. The summed E-state index contributed by atoms with van der Waals surface area (Å²) in [6.07, 6.45) is -8.15. The summed E-state index contributed by atoms with van der Waals surface area (Å²) in [4.78, 5) is 2.78. The van der Waals surface area contributed by atoms with Crippen LogP contribution in [-0.2, 0) is 16.2 Å². The molecule has 0 saturated carbocycles. The molecule has 0 spiro atoms. The van der Waals surface area contributed by atoms with Crippen molar-refractivity contribution in [3.8, 4) is 6.07 Å². The number of alkyl halides is 6. The average molecular weight is 423 g/mol. The molecular weight excluding hydrogens is 412 g/mol. The van der Waals surface area contributed by atoms with E-state index < -0.39 is 50.0 Å². The normalized spacial score (nSPS) is 13.8. The van der Waals surface area contributed by atoms with Gasteiger partial charge in [0.1, 0.15) is 17.0 Å². The van der Waals surface area contributed by atoms with Crippen LogP contribution in [-0.4, -0.2) is 19.6 Å². The molecule has 0 fully saturated rings. The van der Waals surface area contributed by atoms with Crippen LogP contribution in [0.25, 0.3) is 0 Å². The molecule has 2 rings (SSSR count). The molecule has 5 nitrogen and oxygen atoms in total. The van der Waals surface area contributed by atoms with Gasteiger partial charge in [0, 0.05) is 12.4 Å². The van der Waals surface area contributed by atoms with Gasteiger partial charge in [-0.2, -0.15) is 36.3 Å². The number of benzene rings is 1. The first kappa shape index (κ1) is 21.6. The van der Waals surface area contributed by atoms with Gasteiger partial charge in [-0.3, -0.25) is 4.98 Å². The molecule has 1 N–H and O–H groups in total. The Morgan fingerprint density at radius 3 is 2.25 bits per heavy atom. The maximum atomic E-state index is 13.4. The Hall–Kier alpha value is -2.65. The fourth-order valence-electron chi connectivity index (χ4n) is 2.36. The molecule has 1 aromatic carbocycles. The molecule has 12 heteroatoms. The molecule has 0 saturated heterocycles. The summed E-state index contributed by atoms with van der Waals surface area (Å²) in [5.41, 5.74) is -2.54. The second-order valence-electron chi connectivity index (χ2n) is 5.69. The lowest BCUT2D eigenvalue weighted by atomic mass is 10.0. The Morgan fingerprint density at radius 1 is 1.11 bits per heavy atom. The second kappa shape index (κ2) is 7.40. The summed E-state index contributed by atoms with van der Waals surface area (Å²) in [7, 11) is -4.78. The molecule has 0 aliphatic rings. The molecule has 0 bridgehead atoms. The summed E-state index contributed by atoms with van der Waals surface area (Å²) in [6.45, 7) is 0.967. The number of aromatic nitrogens is 1. The predicted molar refractivity (Wildman–Crippen MR) is 84.3 cm³/mol. The van der Waals surface area contributed by atoms with Crippen LogP contribution in [0.3, 0.4) is 0 Å². The van der Waals surface area contributed by atoms with Crippen molar-refractivity contribution < 1.29 is 34.8 Å². The lowest BCUT2D eigenvalue weighted by molar-refractivity contribution is -0.153. The van der Waals surface area contributed by atoms with E-state index in [0.717, 1.165) is 25.4 Å². The maximum Gasteiger partial charge on any atom is 0.416 e. The molecule has 0 radical (unpaired) electrons. The first-order chi connectivity index (χ1) is 12.8. The average Bonchev–Trinajstić information content (AvgIpc) is 2.57. The third-order valence-electron chi connectivity index (χ3n) is 3.64.